The summed E-state index contributed by atoms with van der Waals surface area (Å²) in [7, 11) is 1.66. The van der Waals surface area contributed by atoms with Gasteiger partial charge in [-0.25, -0.2) is 0 Å². The Morgan fingerprint density at radius 2 is 1.77 bits per heavy atom. The molecule has 0 bridgehead atoms. The third-order valence-electron chi connectivity index (χ3n) is 3.17. The van der Waals surface area contributed by atoms with Gasteiger partial charge in [-0.05, 0) is 23.3 Å². The molecule has 0 fully saturated rings. The van der Waals surface area contributed by atoms with E-state index in [4.69, 9.17) is 4.74 Å². The molecule has 0 spiro atoms. The minimum atomic E-state index is -0.0238. The fourth-order valence-electron chi connectivity index (χ4n) is 2.02. The van der Waals surface area contributed by atoms with E-state index in [1.807, 2.05) is 54.2 Å². The first-order valence-corrected chi connectivity index (χ1v) is 8.43. The molecule has 0 saturated heterocycles. The average Bonchev–Trinajstić information content (AvgIpc) is 2.56. The van der Waals surface area contributed by atoms with Crippen LogP contribution in [-0.2, 0) is 17.1 Å². The van der Waals surface area contributed by atoms with E-state index in [2.05, 4.69) is 17.4 Å². The van der Waals surface area contributed by atoms with Crippen LogP contribution in [0.25, 0.3) is 0 Å². The first-order chi connectivity index (χ1) is 10.8. The first kappa shape index (κ1) is 16.6. The summed E-state index contributed by atoms with van der Waals surface area (Å²) in [6, 6.07) is 17.9. The fraction of sp³-hybridized carbons (Fsp3) is 0.278. The lowest BCUT2D eigenvalue weighted by molar-refractivity contribution is 0.0956. The van der Waals surface area contributed by atoms with Crippen LogP contribution in [0.15, 0.2) is 54.6 Å². The summed E-state index contributed by atoms with van der Waals surface area (Å²) in [4.78, 5) is 12.0. The van der Waals surface area contributed by atoms with Crippen molar-refractivity contribution >= 4 is 17.7 Å². The number of benzene rings is 2. The number of carbonyl (C=O) groups is 1. The maximum atomic E-state index is 12.0. The zero-order valence-corrected chi connectivity index (χ0v) is 13.6. The molecule has 0 unspecified atom stereocenters. The molecule has 1 N–H and O–H groups in total. The number of amides is 1. The summed E-state index contributed by atoms with van der Waals surface area (Å²) < 4.78 is 5.05. The Morgan fingerprint density at radius 1 is 1.05 bits per heavy atom. The molecule has 0 saturated carbocycles. The van der Waals surface area contributed by atoms with E-state index in [1.165, 1.54) is 5.56 Å². The molecular weight excluding hydrogens is 294 g/mol. The number of nitrogens with one attached hydrogen (secondary N) is 1. The van der Waals surface area contributed by atoms with E-state index < -0.39 is 0 Å². The van der Waals surface area contributed by atoms with Crippen molar-refractivity contribution in [1.82, 2.24) is 5.32 Å². The smallest absolute Gasteiger partial charge is 0.251 e. The maximum Gasteiger partial charge on any atom is 0.251 e. The van der Waals surface area contributed by atoms with Crippen LogP contribution in [0, 0.1) is 0 Å². The average molecular weight is 315 g/mol. The molecule has 1 amide bonds. The highest BCUT2D eigenvalue weighted by Crippen LogP contribution is 2.11. The maximum absolute atomic E-state index is 12.0. The molecular formula is C18H21NO2S. The molecule has 0 radical (unpaired) electrons. The van der Waals surface area contributed by atoms with Crippen LogP contribution >= 0.6 is 11.8 Å². The van der Waals surface area contributed by atoms with E-state index in [0.717, 1.165) is 17.1 Å². The minimum Gasteiger partial charge on any atom is -0.380 e. The highest BCUT2D eigenvalue weighted by atomic mass is 32.2. The normalized spacial score (nSPS) is 10.4. The van der Waals surface area contributed by atoms with Crippen molar-refractivity contribution in [2.45, 2.75) is 12.4 Å². The van der Waals surface area contributed by atoms with Crippen molar-refractivity contribution in [3.05, 3.63) is 71.3 Å². The Balaban J connectivity index is 1.67. The van der Waals surface area contributed by atoms with Gasteiger partial charge in [-0.2, -0.15) is 11.8 Å². The van der Waals surface area contributed by atoms with Gasteiger partial charge < -0.3 is 10.1 Å². The molecule has 0 aliphatic heterocycles. The summed E-state index contributed by atoms with van der Waals surface area (Å²) in [6.45, 7) is 1.24. The van der Waals surface area contributed by atoms with Gasteiger partial charge in [-0.3, -0.25) is 4.79 Å². The van der Waals surface area contributed by atoms with Gasteiger partial charge in [-0.15, -0.1) is 0 Å². The van der Waals surface area contributed by atoms with Crippen molar-refractivity contribution in [2.24, 2.45) is 0 Å². The summed E-state index contributed by atoms with van der Waals surface area (Å²) in [5, 5.41) is 2.95. The van der Waals surface area contributed by atoms with Gasteiger partial charge in [0.15, 0.2) is 0 Å². The molecule has 22 heavy (non-hydrogen) atoms. The zero-order chi connectivity index (χ0) is 15.6. The summed E-state index contributed by atoms with van der Waals surface area (Å²) in [5.74, 6) is 1.86. The predicted molar refractivity (Wildman–Crippen MR) is 92.1 cm³/mol. The fourth-order valence-corrected chi connectivity index (χ4v) is 2.84. The topological polar surface area (TPSA) is 38.3 Å². The van der Waals surface area contributed by atoms with Gasteiger partial charge in [0.25, 0.3) is 5.91 Å². The number of hydrogen-bond donors (Lipinski definition) is 1. The van der Waals surface area contributed by atoms with Gasteiger partial charge in [0.05, 0.1) is 6.61 Å². The predicted octanol–water partition coefficient (Wildman–Crippen LogP) is 3.50. The lowest BCUT2D eigenvalue weighted by Gasteiger charge is -2.06. The quantitative estimate of drug-likeness (QED) is 0.758. The molecule has 0 atom stereocenters. The van der Waals surface area contributed by atoms with Crippen LogP contribution in [0.1, 0.15) is 21.5 Å². The summed E-state index contributed by atoms with van der Waals surface area (Å²) >= 11 is 1.82. The Bertz CT molecular complexity index is 569. The number of thioether (sulfide) groups is 1. The molecule has 116 valence electrons. The van der Waals surface area contributed by atoms with E-state index >= 15 is 0 Å². The number of ether oxygens (including phenoxy) is 1. The third-order valence-corrected chi connectivity index (χ3v) is 4.20. The van der Waals surface area contributed by atoms with Gasteiger partial charge in [-0.1, -0.05) is 42.5 Å². The molecule has 0 aliphatic rings. The zero-order valence-electron chi connectivity index (χ0n) is 12.7. The van der Waals surface area contributed by atoms with Crippen LogP contribution in [0.4, 0.5) is 0 Å². The lowest BCUT2D eigenvalue weighted by atomic mass is 10.1. The number of hydrogen-bond acceptors (Lipinski definition) is 3. The standard InChI is InChI=1S/C18H21NO2S/c1-21-13-15-7-9-17(10-8-15)18(20)19-11-12-22-14-16-5-3-2-4-6-16/h2-10H,11-14H2,1H3,(H,19,20). The molecule has 0 aliphatic carbocycles. The van der Waals surface area contributed by atoms with Gasteiger partial charge >= 0.3 is 0 Å². The van der Waals surface area contributed by atoms with Crippen molar-refractivity contribution in [2.75, 3.05) is 19.4 Å². The van der Waals surface area contributed by atoms with Crippen molar-refractivity contribution in [3.8, 4) is 0 Å². The van der Waals surface area contributed by atoms with Crippen LogP contribution in [0.5, 0.6) is 0 Å². The number of methoxy groups -OCH3 is 1. The van der Waals surface area contributed by atoms with Crippen molar-refractivity contribution in [1.29, 1.82) is 0 Å². The second-order valence-electron chi connectivity index (χ2n) is 4.92. The largest absolute Gasteiger partial charge is 0.380 e. The van der Waals surface area contributed by atoms with Crippen LogP contribution < -0.4 is 5.32 Å². The van der Waals surface area contributed by atoms with Crippen LogP contribution in [0.2, 0.25) is 0 Å². The second-order valence-corrected chi connectivity index (χ2v) is 6.03. The molecule has 3 nitrogen and oxygen atoms in total. The molecule has 0 heterocycles. The van der Waals surface area contributed by atoms with E-state index in [9.17, 15) is 4.79 Å². The third kappa shape index (κ3) is 5.54. The van der Waals surface area contributed by atoms with Gasteiger partial charge in [0, 0.05) is 30.7 Å². The monoisotopic (exact) mass is 315 g/mol. The number of carbonyl (C=O) groups excluding carboxylic acids is 1. The van der Waals surface area contributed by atoms with E-state index in [-0.39, 0.29) is 5.91 Å². The van der Waals surface area contributed by atoms with Gasteiger partial charge in [0.1, 0.15) is 0 Å². The highest BCUT2D eigenvalue weighted by molar-refractivity contribution is 7.98. The van der Waals surface area contributed by atoms with Crippen LogP contribution in [0.3, 0.4) is 0 Å². The van der Waals surface area contributed by atoms with Crippen LogP contribution in [-0.4, -0.2) is 25.3 Å². The molecule has 2 rings (SSSR count). The highest BCUT2D eigenvalue weighted by Gasteiger charge is 2.04. The Kier molecular flexibility index (Phi) is 7.00. The van der Waals surface area contributed by atoms with Crippen molar-refractivity contribution in [3.63, 3.8) is 0 Å². The second kappa shape index (κ2) is 9.28. The number of rotatable bonds is 8. The molecule has 4 heteroatoms. The molecule has 2 aromatic rings. The summed E-state index contributed by atoms with van der Waals surface area (Å²) in [5.41, 5.74) is 3.07. The minimum absolute atomic E-state index is 0.0238. The van der Waals surface area contributed by atoms with Crippen molar-refractivity contribution < 1.29 is 9.53 Å². The Labute approximate surface area is 136 Å². The molecule has 0 aromatic heterocycles. The molecule has 2 aromatic carbocycles. The summed E-state index contributed by atoms with van der Waals surface area (Å²) in [6.07, 6.45) is 0. The van der Waals surface area contributed by atoms with E-state index in [1.54, 1.807) is 7.11 Å². The lowest BCUT2D eigenvalue weighted by Crippen LogP contribution is -2.25. The Hall–Kier alpha value is -1.78. The SMILES string of the molecule is COCc1ccc(C(=O)NCCSCc2ccccc2)cc1. The first-order valence-electron chi connectivity index (χ1n) is 7.27. The Morgan fingerprint density at radius 3 is 2.45 bits per heavy atom. The van der Waals surface area contributed by atoms with Gasteiger partial charge in [0.2, 0.25) is 0 Å². The van der Waals surface area contributed by atoms with E-state index in [0.29, 0.717) is 18.7 Å².